The molecule has 1 aliphatic carbocycles. The Morgan fingerprint density at radius 2 is 2.17 bits per heavy atom. The molecule has 0 fully saturated rings. The molecule has 12 heavy (non-hydrogen) atoms. The van der Waals surface area contributed by atoms with Crippen molar-refractivity contribution in [1.29, 1.82) is 0 Å². The third-order valence-corrected chi connectivity index (χ3v) is 1.80. The van der Waals surface area contributed by atoms with Gasteiger partial charge < -0.3 is 5.32 Å². The molecule has 0 aliphatic heterocycles. The lowest BCUT2D eigenvalue weighted by Crippen LogP contribution is -2.25. The molecule has 0 spiro atoms. The number of hydrogen-bond donors (Lipinski definition) is 1. The predicted molar refractivity (Wildman–Crippen MR) is 40.7 cm³/mol. The van der Waals surface area contributed by atoms with Crippen LogP contribution < -0.4 is 5.32 Å². The van der Waals surface area contributed by atoms with Gasteiger partial charge in [-0.25, -0.2) is 0 Å². The highest BCUT2D eigenvalue weighted by molar-refractivity contribution is 5.29. The Kier molecular flexibility index (Phi) is 2.57. The van der Waals surface area contributed by atoms with Crippen LogP contribution in [0.15, 0.2) is 23.8 Å². The highest BCUT2D eigenvalue weighted by Crippen LogP contribution is 2.29. The fourth-order valence-corrected chi connectivity index (χ4v) is 1.04. The van der Waals surface area contributed by atoms with Gasteiger partial charge in [-0.1, -0.05) is 18.2 Å². The van der Waals surface area contributed by atoms with Crippen LogP contribution in [0.3, 0.4) is 0 Å². The molecule has 1 N–H and O–H groups in total. The van der Waals surface area contributed by atoms with Gasteiger partial charge in [0.2, 0.25) is 0 Å². The van der Waals surface area contributed by atoms with Crippen molar-refractivity contribution >= 4 is 0 Å². The summed E-state index contributed by atoms with van der Waals surface area (Å²) in [6.45, 7) is 0. The van der Waals surface area contributed by atoms with Crippen molar-refractivity contribution in [3.05, 3.63) is 23.8 Å². The first-order valence-electron chi connectivity index (χ1n) is 3.67. The maximum absolute atomic E-state index is 12.0. The molecule has 1 atom stereocenters. The molecular weight excluding hydrogens is 167 g/mol. The second-order valence-electron chi connectivity index (χ2n) is 2.65. The average Bonchev–Trinajstić information content (AvgIpc) is 2.03. The maximum Gasteiger partial charge on any atom is 0.416 e. The van der Waals surface area contributed by atoms with Crippen molar-refractivity contribution in [3.63, 3.8) is 0 Å². The maximum atomic E-state index is 12.0. The van der Waals surface area contributed by atoms with Crippen LogP contribution in [0.1, 0.15) is 6.42 Å². The first kappa shape index (κ1) is 9.32. The molecule has 0 aromatic rings. The Balaban J connectivity index is 2.64. The van der Waals surface area contributed by atoms with Crippen molar-refractivity contribution in [2.75, 3.05) is 7.05 Å². The third kappa shape index (κ3) is 2.11. The van der Waals surface area contributed by atoms with E-state index in [1.165, 1.54) is 12.2 Å². The molecule has 0 heterocycles. The number of allylic oxidation sites excluding steroid dienone is 2. The molecule has 0 saturated carbocycles. The lowest BCUT2D eigenvalue weighted by molar-refractivity contribution is -0.0886. The van der Waals surface area contributed by atoms with Gasteiger partial charge in [0.15, 0.2) is 0 Å². The predicted octanol–water partition coefficient (Wildman–Crippen LogP) is 2.02. The quantitative estimate of drug-likeness (QED) is 0.646. The van der Waals surface area contributed by atoms with Gasteiger partial charge in [-0.3, -0.25) is 0 Å². The van der Waals surface area contributed by atoms with Gasteiger partial charge >= 0.3 is 6.18 Å². The van der Waals surface area contributed by atoms with E-state index in [0.717, 1.165) is 6.08 Å². The summed E-state index contributed by atoms with van der Waals surface area (Å²) in [7, 11) is 1.72. The van der Waals surface area contributed by atoms with E-state index in [4.69, 9.17) is 0 Å². The summed E-state index contributed by atoms with van der Waals surface area (Å²) in [4.78, 5) is 0. The Morgan fingerprint density at radius 3 is 2.50 bits per heavy atom. The Hall–Kier alpha value is -0.770. The van der Waals surface area contributed by atoms with Gasteiger partial charge in [-0.05, 0) is 13.5 Å². The van der Waals surface area contributed by atoms with Crippen molar-refractivity contribution < 1.29 is 13.2 Å². The molecule has 0 amide bonds. The Labute approximate surface area is 69.0 Å². The summed E-state index contributed by atoms with van der Waals surface area (Å²) in [5.74, 6) is 0. The number of alkyl halides is 3. The molecule has 68 valence electrons. The molecule has 0 radical (unpaired) electrons. The van der Waals surface area contributed by atoms with Crippen molar-refractivity contribution in [1.82, 2.24) is 5.32 Å². The van der Waals surface area contributed by atoms with Gasteiger partial charge in [0.1, 0.15) is 0 Å². The third-order valence-electron chi connectivity index (χ3n) is 1.80. The lowest BCUT2D eigenvalue weighted by atomic mass is 10.0. The monoisotopic (exact) mass is 177 g/mol. The van der Waals surface area contributed by atoms with Crippen molar-refractivity contribution in [2.24, 2.45) is 0 Å². The van der Waals surface area contributed by atoms with E-state index >= 15 is 0 Å². The van der Waals surface area contributed by atoms with Gasteiger partial charge in [-0.2, -0.15) is 13.2 Å². The number of likely N-dealkylation sites (N-methyl/N-ethyl adjacent to an activating group) is 1. The normalized spacial score (nSPS) is 24.0. The summed E-state index contributed by atoms with van der Waals surface area (Å²) in [6.07, 6.45) is 0.0612. The Bertz CT molecular complexity index is 215. The molecule has 4 heteroatoms. The van der Waals surface area contributed by atoms with Crippen LogP contribution in [0.2, 0.25) is 0 Å². The van der Waals surface area contributed by atoms with E-state index < -0.39 is 11.7 Å². The molecule has 0 bridgehead atoms. The minimum Gasteiger partial charge on any atom is -0.313 e. The van der Waals surface area contributed by atoms with E-state index in [0.29, 0.717) is 6.42 Å². The summed E-state index contributed by atoms with van der Waals surface area (Å²) in [5.41, 5.74) is -0.547. The number of halogens is 3. The minimum atomic E-state index is -4.20. The summed E-state index contributed by atoms with van der Waals surface area (Å²) < 4.78 is 36.1. The molecule has 0 aromatic carbocycles. The molecule has 1 unspecified atom stereocenters. The van der Waals surface area contributed by atoms with Crippen molar-refractivity contribution in [3.8, 4) is 0 Å². The van der Waals surface area contributed by atoms with Crippen LogP contribution >= 0.6 is 0 Å². The molecular formula is C8H10F3N. The van der Waals surface area contributed by atoms with Crippen LogP contribution in [0.4, 0.5) is 13.2 Å². The molecule has 1 rings (SSSR count). The number of rotatable bonds is 1. The van der Waals surface area contributed by atoms with Crippen molar-refractivity contribution in [2.45, 2.75) is 18.6 Å². The van der Waals surface area contributed by atoms with Gasteiger partial charge in [0, 0.05) is 6.04 Å². The summed E-state index contributed by atoms with van der Waals surface area (Å²) in [5, 5.41) is 2.88. The van der Waals surface area contributed by atoms with Gasteiger partial charge in [0.05, 0.1) is 5.57 Å². The van der Waals surface area contributed by atoms with Gasteiger partial charge in [0.25, 0.3) is 0 Å². The van der Waals surface area contributed by atoms with Crippen LogP contribution in [0.25, 0.3) is 0 Å². The standard InChI is InChI=1S/C8H10F3N/c1-12-7-4-2-6(3-5-7)8(9,10)11/h2-4,7,12H,5H2,1H3. The summed E-state index contributed by atoms with van der Waals surface area (Å²) >= 11 is 0. The smallest absolute Gasteiger partial charge is 0.313 e. The largest absolute Gasteiger partial charge is 0.416 e. The van der Waals surface area contributed by atoms with Crippen LogP contribution in [-0.4, -0.2) is 19.3 Å². The van der Waals surface area contributed by atoms with E-state index in [-0.39, 0.29) is 6.04 Å². The van der Waals surface area contributed by atoms with E-state index in [9.17, 15) is 13.2 Å². The lowest BCUT2D eigenvalue weighted by Gasteiger charge is -2.16. The van der Waals surface area contributed by atoms with Gasteiger partial charge in [-0.15, -0.1) is 0 Å². The summed E-state index contributed by atoms with van der Waals surface area (Å²) in [6, 6.07) is 0.0381. The number of nitrogens with one attached hydrogen (secondary N) is 1. The molecule has 1 aliphatic rings. The topological polar surface area (TPSA) is 12.0 Å². The second-order valence-corrected chi connectivity index (χ2v) is 2.65. The second kappa shape index (κ2) is 3.31. The van der Waals surface area contributed by atoms with Crippen LogP contribution in [-0.2, 0) is 0 Å². The highest BCUT2D eigenvalue weighted by Gasteiger charge is 2.32. The highest BCUT2D eigenvalue weighted by atomic mass is 19.4. The van der Waals surface area contributed by atoms with Crippen LogP contribution in [0.5, 0.6) is 0 Å². The van der Waals surface area contributed by atoms with E-state index in [1.807, 2.05) is 0 Å². The SMILES string of the molecule is CNC1C=CC(C(F)(F)F)=CC1. The zero-order valence-corrected chi connectivity index (χ0v) is 6.65. The van der Waals surface area contributed by atoms with E-state index in [2.05, 4.69) is 5.32 Å². The minimum absolute atomic E-state index is 0.0381. The first-order valence-corrected chi connectivity index (χ1v) is 3.67. The molecule has 0 aromatic heterocycles. The first-order chi connectivity index (χ1) is 5.54. The average molecular weight is 177 g/mol. The fourth-order valence-electron chi connectivity index (χ4n) is 1.04. The number of hydrogen-bond acceptors (Lipinski definition) is 1. The fraction of sp³-hybridized carbons (Fsp3) is 0.500. The van der Waals surface area contributed by atoms with Crippen LogP contribution in [0, 0.1) is 0 Å². The zero-order chi connectivity index (χ0) is 9.19. The molecule has 0 saturated heterocycles. The Morgan fingerprint density at radius 1 is 1.50 bits per heavy atom. The zero-order valence-electron chi connectivity index (χ0n) is 6.65. The molecule has 1 nitrogen and oxygen atoms in total. The van der Waals surface area contributed by atoms with E-state index in [1.54, 1.807) is 7.05 Å².